The quantitative estimate of drug-likeness (QED) is 0.0195. The minimum Gasteiger partial charge on any atom is -0.454 e. The molecule has 0 aromatic rings. The van der Waals surface area contributed by atoms with Crippen molar-refractivity contribution >= 4 is 11.9 Å². The van der Waals surface area contributed by atoms with E-state index in [1.54, 1.807) is 6.08 Å². The van der Waals surface area contributed by atoms with Crippen LogP contribution < -0.4 is 5.32 Å². The molecule has 468 valence electrons. The summed E-state index contributed by atoms with van der Waals surface area (Å²) in [5, 5.41) is 57.1. The van der Waals surface area contributed by atoms with Gasteiger partial charge in [-0.05, 0) is 103 Å². The summed E-state index contributed by atoms with van der Waals surface area (Å²) in [4.78, 5) is 26.6. The zero-order valence-electron chi connectivity index (χ0n) is 51.9. The van der Waals surface area contributed by atoms with Crippen molar-refractivity contribution < 1.29 is 49.3 Å². The fourth-order valence-electron chi connectivity index (χ4n) is 9.96. The minimum absolute atomic E-state index is 0.115. The molecule has 11 heteroatoms. The summed E-state index contributed by atoms with van der Waals surface area (Å²) in [6, 6.07) is -1.03. The van der Waals surface area contributed by atoms with Gasteiger partial charge in [-0.1, -0.05) is 260 Å². The Labute approximate surface area is 495 Å². The molecule has 0 saturated carbocycles. The number of allylic oxidation sites excluding steroid dienone is 13. The summed E-state index contributed by atoms with van der Waals surface area (Å²) in [7, 11) is 0. The van der Waals surface area contributed by atoms with Gasteiger partial charge in [0.2, 0.25) is 5.91 Å². The Hall–Kier alpha value is -3.16. The summed E-state index contributed by atoms with van der Waals surface area (Å²) >= 11 is 0. The first-order chi connectivity index (χ1) is 39.7. The van der Waals surface area contributed by atoms with Crippen LogP contribution in [-0.2, 0) is 23.8 Å². The van der Waals surface area contributed by atoms with Gasteiger partial charge < -0.3 is 45.1 Å². The summed E-state index contributed by atoms with van der Waals surface area (Å²) < 4.78 is 17.6. The van der Waals surface area contributed by atoms with Crippen LogP contribution in [0.2, 0.25) is 0 Å². The highest BCUT2D eigenvalue weighted by Crippen LogP contribution is 2.26. The van der Waals surface area contributed by atoms with Crippen LogP contribution in [0.4, 0.5) is 0 Å². The smallest absolute Gasteiger partial charge is 0.306 e. The Morgan fingerprint density at radius 3 is 1.30 bits per heavy atom. The van der Waals surface area contributed by atoms with Crippen molar-refractivity contribution in [2.24, 2.45) is 0 Å². The predicted molar refractivity (Wildman–Crippen MR) is 338 cm³/mol. The molecule has 1 saturated heterocycles. The van der Waals surface area contributed by atoms with Gasteiger partial charge in [0, 0.05) is 6.42 Å². The Morgan fingerprint density at radius 2 is 0.852 bits per heavy atom. The van der Waals surface area contributed by atoms with Crippen molar-refractivity contribution in [3.8, 4) is 0 Å². The number of nitrogens with one attached hydrogen (secondary N) is 1. The van der Waals surface area contributed by atoms with Crippen molar-refractivity contribution in [1.82, 2.24) is 5.32 Å². The Balaban J connectivity index is 2.63. The largest absolute Gasteiger partial charge is 0.454 e. The first kappa shape index (κ1) is 75.9. The molecule has 1 aliphatic rings. The van der Waals surface area contributed by atoms with Crippen molar-refractivity contribution in [2.45, 2.75) is 333 Å². The van der Waals surface area contributed by atoms with Crippen molar-refractivity contribution in [3.05, 3.63) is 85.1 Å². The van der Waals surface area contributed by atoms with Crippen LogP contribution in [0.15, 0.2) is 85.1 Å². The average Bonchev–Trinajstić information content (AvgIpc) is 3.52. The predicted octanol–water partition coefficient (Wildman–Crippen LogP) is 16.5. The molecule has 1 heterocycles. The molecule has 1 rings (SSSR count). The highest BCUT2D eigenvalue weighted by Gasteiger charge is 2.47. The normalized spacial score (nSPS) is 19.2. The standard InChI is InChI=1S/C70H123NO10/c1-4-7-10-13-16-19-22-24-26-28-30-31-32-34-35-37-39-42-45-48-51-54-57-63(74)69(78)71-61(62(73)56-53-50-47-44-41-21-18-15-12-9-6-3)60-79-70-68(67(77)66(76)64(59-72)80-70)81-65(75)58-55-52-49-46-43-40-38-36-33-29-27-25-23-20-17-14-11-8-5-2/h16-17,19-20,24-27,30-31,34-35,53,56,61-64,66-68,70,72-74,76-77H,4-15,18,21-23,28-29,32-33,36-52,54-55,57-60H2,1-3H3,(H,71,78)/b19-16-,20-17-,26-24-,27-25-,31-30-,35-34-,56-53+. The lowest BCUT2D eigenvalue weighted by Crippen LogP contribution is -2.61. The summed E-state index contributed by atoms with van der Waals surface area (Å²) in [5.41, 5.74) is 0. The molecule has 8 atom stereocenters. The van der Waals surface area contributed by atoms with Gasteiger partial charge in [-0.15, -0.1) is 0 Å². The number of ether oxygens (including phenoxy) is 3. The van der Waals surface area contributed by atoms with Crippen LogP contribution in [0.5, 0.6) is 0 Å². The van der Waals surface area contributed by atoms with E-state index in [1.165, 1.54) is 122 Å². The number of hydrogen-bond donors (Lipinski definition) is 6. The van der Waals surface area contributed by atoms with Crippen molar-refractivity contribution in [3.63, 3.8) is 0 Å². The lowest BCUT2D eigenvalue weighted by molar-refractivity contribution is -0.305. The second-order valence-corrected chi connectivity index (χ2v) is 22.8. The van der Waals surface area contributed by atoms with Crippen LogP contribution in [0.1, 0.15) is 284 Å². The SMILES string of the molecule is CCCCC/C=C\C/C=C\C/C=C\C/C=C\CCCCCCCCC(O)C(=O)NC(COC1OC(CO)C(O)C(O)C1OC(=O)CCCCCCCCCCC/C=C\C/C=C\CCCCC)C(O)/C=C/CCCCCCCCCCC. The number of carbonyl (C=O) groups excluding carboxylic acids is 2. The Morgan fingerprint density at radius 1 is 0.481 bits per heavy atom. The zero-order valence-corrected chi connectivity index (χ0v) is 51.9. The molecule has 8 unspecified atom stereocenters. The van der Waals surface area contributed by atoms with E-state index in [0.29, 0.717) is 12.8 Å². The highest BCUT2D eigenvalue weighted by atomic mass is 16.7. The van der Waals surface area contributed by atoms with E-state index in [9.17, 15) is 35.1 Å². The van der Waals surface area contributed by atoms with Gasteiger partial charge in [0.15, 0.2) is 12.4 Å². The zero-order chi connectivity index (χ0) is 58.9. The molecular formula is C70H123NO10. The monoisotopic (exact) mass is 1140 g/mol. The fraction of sp³-hybridized carbons (Fsp3) is 0.771. The van der Waals surface area contributed by atoms with Crippen molar-refractivity contribution in [1.29, 1.82) is 0 Å². The van der Waals surface area contributed by atoms with Crippen LogP contribution in [0.25, 0.3) is 0 Å². The maximum atomic E-state index is 13.4. The average molecular weight is 1140 g/mol. The lowest BCUT2D eigenvalue weighted by atomic mass is 9.99. The summed E-state index contributed by atoms with van der Waals surface area (Å²) in [6.45, 7) is 5.73. The number of aliphatic hydroxyl groups is 5. The number of hydrogen-bond acceptors (Lipinski definition) is 10. The maximum Gasteiger partial charge on any atom is 0.306 e. The molecule has 1 fully saturated rings. The van der Waals surface area contributed by atoms with Crippen LogP contribution >= 0.6 is 0 Å². The van der Waals surface area contributed by atoms with Gasteiger partial charge in [-0.25, -0.2) is 0 Å². The first-order valence-electron chi connectivity index (χ1n) is 33.4. The first-order valence-corrected chi connectivity index (χ1v) is 33.4. The third kappa shape index (κ3) is 45.0. The van der Waals surface area contributed by atoms with Gasteiger partial charge in [0.05, 0.1) is 25.4 Å². The number of unbranched alkanes of at least 4 members (excludes halogenated alkanes) is 30. The molecule has 0 spiro atoms. The molecule has 11 nitrogen and oxygen atoms in total. The molecule has 0 aromatic heterocycles. The van der Waals surface area contributed by atoms with E-state index >= 15 is 0 Å². The van der Waals surface area contributed by atoms with Crippen LogP contribution in [-0.4, -0.2) is 99.6 Å². The summed E-state index contributed by atoms with van der Waals surface area (Å²) in [5.74, 6) is -1.21. The summed E-state index contributed by atoms with van der Waals surface area (Å²) in [6.07, 6.45) is 64.7. The number of esters is 1. The molecule has 6 N–H and O–H groups in total. The van der Waals surface area contributed by atoms with E-state index in [-0.39, 0.29) is 19.4 Å². The van der Waals surface area contributed by atoms with Gasteiger partial charge in [-0.2, -0.15) is 0 Å². The fourth-order valence-corrected chi connectivity index (χ4v) is 9.96. The molecule has 0 bridgehead atoms. The molecular weight excluding hydrogens is 1010 g/mol. The molecule has 1 aliphatic heterocycles. The topological polar surface area (TPSA) is 175 Å². The third-order valence-electron chi connectivity index (χ3n) is 15.3. The van der Waals surface area contributed by atoms with E-state index in [4.69, 9.17) is 14.2 Å². The van der Waals surface area contributed by atoms with E-state index in [0.717, 1.165) is 116 Å². The van der Waals surface area contributed by atoms with Crippen LogP contribution in [0, 0.1) is 0 Å². The van der Waals surface area contributed by atoms with E-state index < -0.39 is 67.4 Å². The molecule has 81 heavy (non-hydrogen) atoms. The van der Waals surface area contributed by atoms with Gasteiger partial charge in [-0.3, -0.25) is 9.59 Å². The minimum atomic E-state index is -1.62. The number of rotatable bonds is 56. The molecule has 0 aliphatic carbocycles. The number of aliphatic hydroxyl groups excluding tert-OH is 5. The highest BCUT2D eigenvalue weighted by molar-refractivity contribution is 5.80. The number of carbonyl (C=O) groups is 2. The number of amides is 1. The molecule has 0 aromatic carbocycles. The van der Waals surface area contributed by atoms with Crippen LogP contribution in [0.3, 0.4) is 0 Å². The van der Waals surface area contributed by atoms with Gasteiger partial charge >= 0.3 is 5.97 Å². The molecule has 1 amide bonds. The third-order valence-corrected chi connectivity index (χ3v) is 15.3. The Kier molecular flexibility index (Phi) is 53.6. The van der Waals surface area contributed by atoms with Gasteiger partial charge in [0.25, 0.3) is 0 Å². The lowest BCUT2D eigenvalue weighted by Gasteiger charge is -2.41. The molecule has 0 radical (unpaired) electrons. The van der Waals surface area contributed by atoms with E-state index in [1.807, 2.05) is 6.08 Å². The maximum absolute atomic E-state index is 13.4. The van der Waals surface area contributed by atoms with Gasteiger partial charge in [0.1, 0.15) is 24.4 Å². The Bertz CT molecular complexity index is 1640. The van der Waals surface area contributed by atoms with Crippen molar-refractivity contribution in [2.75, 3.05) is 13.2 Å². The second-order valence-electron chi connectivity index (χ2n) is 22.8. The van der Waals surface area contributed by atoms with E-state index in [2.05, 4.69) is 99.0 Å². The second kappa shape index (κ2) is 57.3.